The summed E-state index contributed by atoms with van der Waals surface area (Å²) in [6.07, 6.45) is 2.69. The normalized spacial score (nSPS) is 13.8. The Bertz CT molecular complexity index is 677. The summed E-state index contributed by atoms with van der Waals surface area (Å²) in [5.74, 6) is 1.06. The third-order valence-corrected chi connectivity index (χ3v) is 5.00. The molecule has 0 heterocycles. The fraction of sp³-hybridized carbons (Fsp3) is 0.417. The highest BCUT2D eigenvalue weighted by Crippen LogP contribution is 2.31. The van der Waals surface area contributed by atoms with E-state index in [9.17, 15) is 0 Å². The molecule has 0 aliphatic carbocycles. The lowest BCUT2D eigenvalue weighted by atomic mass is 9.81. The smallest absolute Gasteiger partial charge is 0.118 e. The van der Waals surface area contributed by atoms with Crippen LogP contribution in [0.25, 0.3) is 0 Å². The Labute approximate surface area is 164 Å². The van der Waals surface area contributed by atoms with Crippen LogP contribution in [-0.4, -0.2) is 25.4 Å². The van der Waals surface area contributed by atoms with Crippen molar-refractivity contribution in [2.75, 3.05) is 13.7 Å². The number of methoxy groups -OCH3 is 1. The van der Waals surface area contributed by atoms with E-state index in [2.05, 4.69) is 51.6 Å². The monoisotopic (exact) mass is 368 g/mol. The number of benzene rings is 2. The molecule has 2 unspecified atom stereocenters. The zero-order chi connectivity index (χ0) is 19.7. The second-order valence-corrected chi connectivity index (χ2v) is 7.36. The van der Waals surface area contributed by atoms with Crippen molar-refractivity contribution in [2.24, 2.45) is 5.92 Å². The van der Waals surface area contributed by atoms with E-state index in [1.54, 1.807) is 13.2 Å². The number of rotatable bonds is 11. The largest absolute Gasteiger partial charge is 0.497 e. The van der Waals surface area contributed by atoms with Crippen LogP contribution in [0, 0.1) is 5.92 Å². The van der Waals surface area contributed by atoms with Crippen LogP contribution in [0.4, 0.5) is 0 Å². The molecule has 0 fully saturated rings. The molecule has 27 heavy (non-hydrogen) atoms. The van der Waals surface area contributed by atoms with Gasteiger partial charge in [-0.2, -0.15) is 0 Å². The highest BCUT2D eigenvalue weighted by atomic mass is 16.5. The maximum absolute atomic E-state index is 6.24. The molecule has 3 nitrogen and oxygen atoms in total. The molecule has 146 valence electrons. The molecule has 2 aromatic rings. The van der Waals surface area contributed by atoms with Crippen molar-refractivity contribution in [1.82, 2.24) is 0 Å². The van der Waals surface area contributed by atoms with E-state index in [0.29, 0.717) is 13.2 Å². The second-order valence-electron chi connectivity index (χ2n) is 7.36. The summed E-state index contributed by atoms with van der Waals surface area (Å²) in [7, 11) is 1.68. The minimum absolute atomic E-state index is 0.0344. The van der Waals surface area contributed by atoms with Gasteiger partial charge >= 0.3 is 0 Å². The van der Waals surface area contributed by atoms with Crippen molar-refractivity contribution in [3.8, 4) is 5.75 Å². The van der Waals surface area contributed by atoms with Crippen LogP contribution in [0.15, 0.2) is 67.3 Å². The predicted molar refractivity (Wildman–Crippen MR) is 111 cm³/mol. The van der Waals surface area contributed by atoms with E-state index in [4.69, 9.17) is 14.2 Å². The quantitative estimate of drug-likeness (QED) is 0.494. The Morgan fingerprint density at radius 2 is 1.67 bits per heavy atom. The van der Waals surface area contributed by atoms with Gasteiger partial charge in [0.25, 0.3) is 0 Å². The summed E-state index contributed by atoms with van der Waals surface area (Å²) >= 11 is 0. The molecule has 0 saturated carbocycles. The molecule has 2 aromatic carbocycles. The van der Waals surface area contributed by atoms with Gasteiger partial charge in [-0.3, -0.25) is 0 Å². The summed E-state index contributed by atoms with van der Waals surface area (Å²) in [4.78, 5) is 0. The molecular weight excluding hydrogens is 336 g/mol. The third kappa shape index (κ3) is 6.53. The fourth-order valence-electron chi connectivity index (χ4n) is 3.29. The average Bonchev–Trinajstić information content (AvgIpc) is 2.70. The first kappa shape index (κ1) is 21.2. The van der Waals surface area contributed by atoms with Crippen LogP contribution in [0.1, 0.15) is 31.9 Å². The number of ether oxygens (including phenoxy) is 3. The molecule has 2 atom stereocenters. The number of hydrogen-bond acceptors (Lipinski definition) is 3. The van der Waals surface area contributed by atoms with Gasteiger partial charge in [0.1, 0.15) is 5.75 Å². The van der Waals surface area contributed by atoms with E-state index in [1.165, 1.54) is 11.1 Å². The molecule has 0 saturated heterocycles. The average molecular weight is 369 g/mol. The van der Waals surface area contributed by atoms with E-state index >= 15 is 0 Å². The molecular formula is C24H32O3. The Balaban J connectivity index is 2.12. The zero-order valence-electron chi connectivity index (χ0n) is 17.0. The van der Waals surface area contributed by atoms with Crippen LogP contribution < -0.4 is 4.74 Å². The van der Waals surface area contributed by atoms with Gasteiger partial charge in [0, 0.05) is 5.92 Å². The first-order valence-electron chi connectivity index (χ1n) is 9.49. The highest BCUT2D eigenvalue weighted by molar-refractivity contribution is 5.27. The Morgan fingerprint density at radius 1 is 1.00 bits per heavy atom. The van der Waals surface area contributed by atoms with Crippen molar-refractivity contribution >= 4 is 0 Å². The highest BCUT2D eigenvalue weighted by Gasteiger charge is 2.35. The van der Waals surface area contributed by atoms with Gasteiger partial charge in [0.05, 0.1) is 32.0 Å². The SMILES string of the molecule is C=CCOC(C)(C)C(Cc1ccc(OC)cc1)C(C)OCc1ccccc1. The van der Waals surface area contributed by atoms with Crippen LogP contribution in [0.5, 0.6) is 5.75 Å². The van der Waals surface area contributed by atoms with Crippen LogP contribution in [0.3, 0.4) is 0 Å². The summed E-state index contributed by atoms with van der Waals surface area (Å²) in [5, 5.41) is 0. The Hall–Kier alpha value is -2.10. The van der Waals surface area contributed by atoms with Crippen molar-refractivity contribution in [3.05, 3.63) is 78.4 Å². The maximum atomic E-state index is 6.24. The van der Waals surface area contributed by atoms with Gasteiger partial charge in [-0.05, 0) is 50.5 Å². The molecule has 0 amide bonds. The zero-order valence-corrected chi connectivity index (χ0v) is 17.0. The lowest BCUT2D eigenvalue weighted by Crippen LogP contribution is -2.43. The van der Waals surface area contributed by atoms with Gasteiger partial charge in [-0.25, -0.2) is 0 Å². The van der Waals surface area contributed by atoms with E-state index in [-0.39, 0.29) is 17.6 Å². The Morgan fingerprint density at radius 3 is 2.26 bits per heavy atom. The van der Waals surface area contributed by atoms with Crippen molar-refractivity contribution in [3.63, 3.8) is 0 Å². The van der Waals surface area contributed by atoms with Crippen LogP contribution in [0.2, 0.25) is 0 Å². The molecule has 0 bridgehead atoms. The van der Waals surface area contributed by atoms with Gasteiger partial charge < -0.3 is 14.2 Å². The topological polar surface area (TPSA) is 27.7 Å². The molecule has 3 heteroatoms. The Kier molecular flexibility index (Phi) is 8.08. The molecule has 2 rings (SSSR count). The summed E-state index contributed by atoms with van der Waals surface area (Å²) in [5.41, 5.74) is 2.08. The summed E-state index contributed by atoms with van der Waals surface area (Å²) < 4.78 is 17.6. The second kappa shape index (κ2) is 10.3. The van der Waals surface area contributed by atoms with Crippen molar-refractivity contribution in [1.29, 1.82) is 0 Å². The molecule has 0 radical (unpaired) electrons. The first-order chi connectivity index (χ1) is 13.0. The third-order valence-electron chi connectivity index (χ3n) is 5.00. The van der Waals surface area contributed by atoms with Crippen molar-refractivity contribution in [2.45, 2.75) is 45.5 Å². The van der Waals surface area contributed by atoms with Crippen LogP contribution >= 0.6 is 0 Å². The van der Waals surface area contributed by atoms with Gasteiger partial charge in [-0.15, -0.1) is 6.58 Å². The maximum Gasteiger partial charge on any atom is 0.118 e. The molecule has 0 N–H and O–H groups in total. The van der Waals surface area contributed by atoms with Crippen LogP contribution in [-0.2, 0) is 22.5 Å². The number of hydrogen-bond donors (Lipinski definition) is 0. The van der Waals surface area contributed by atoms with E-state index in [0.717, 1.165) is 12.2 Å². The van der Waals surface area contributed by atoms with E-state index < -0.39 is 0 Å². The first-order valence-corrected chi connectivity index (χ1v) is 9.49. The minimum Gasteiger partial charge on any atom is -0.497 e. The summed E-state index contributed by atoms with van der Waals surface area (Å²) in [6, 6.07) is 18.5. The fourth-order valence-corrected chi connectivity index (χ4v) is 3.29. The minimum atomic E-state index is -0.343. The van der Waals surface area contributed by atoms with Gasteiger partial charge in [-0.1, -0.05) is 48.5 Å². The molecule has 0 spiro atoms. The van der Waals surface area contributed by atoms with Gasteiger partial charge in [0.15, 0.2) is 0 Å². The molecule has 0 aliphatic heterocycles. The predicted octanol–water partition coefficient (Wildman–Crippen LogP) is 5.44. The lowest BCUT2D eigenvalue weighted by molar-refractivity contribution is -0.105. The lowest BCUT2D eigenvalue weighted by Gasteiger charge is -2.38. The van der Waals surface area contributed by atoms with Gasteiger partial charge in [0.2, 0.25) is 0 Å². The summed E-state index contributed by atoms with van der Waals surface area (Å²) in [6.45, 7) is 11.3. The van der Waals surface area contributed by atoms with Crippen molar-refractivity contribution < 1.29 is 14.2 Å². The molecule has 0 aliphatic rings. The van der Waals surface area contributed by atoms with E-state index in [1.807, 2.05) is 30.3 Å². The standard InChI is InChI=1S/C24H32O3/c1-6-16-27-24(3,4)23(17-20-12-14-22(25-5)15-13-20)19(2)26-18-21-10-8-7-9-11-21/h6-15,19,23H,1,16-18H2,2-5H3. The molecule has 0 aromatic heterocycles.